The molecule has 1 aliphatic heterocycles. The molecule has 0 saturated carbocycles. The number of nitrogens with one attached hydrogen (secondary N) is 1. The normalized spacial score (nSPS) is 23.1. The summed E-state index contributed by atoms with van der Waals surface area (Å²) in [4.78, 5) is 14.0. The third-order valence-electron chi connectivity index (χ3n) is 2.50. The van der Waals surface area contributed by atoms with Crippen molar-refractivity contribution in [1.82, 2.24) is 10.2 Å². The van der Waals surface area contributed by atoms with Crippen molar-refractivity contribution >= 4 is 23.1 Å². The van der Waals surface area contributed by atoms with Gasteiger partial charge in [0, 0.05) is 20.1 Å². The maximum Gasteiger partial charge on any atom is 0.224 e. The average Bonchev–Trinajstić information content (AvgIpc) is 2.16. The van der Waals surface area contributed by atoms with E-state index in [0.717, 1.165) is 25.9 Å². The minimum absolute atomic E-state index is 0.100. The molecule has 0 bridgehead atoms. The van der Waals surface area contributed by atoms with Gasteiger partial charge in [0.2, 0.25) is 5.91 Å². The second kappa shape index (κ2) is 5.26. The van der Waals surface area contributed by atoms with E-state index in [1.165, 1.54) is 0 Å². The molecule has 1 atom stereocenters. The number of hydrogen-bond acceptors (Lipinski definition) is 3. The molecule has 0 aliphatic carbocycles. The monoisotopic (exact) mass is 215 g/mol. The van der Waals surface area contributed by atoms with E-state index >= 15 is 0 Å². The number of hydrogen-bond donors (Lipinski definition) is 2. The predicted octanol–water partition coefficient (Wildman–Crippen LogP) is -0.269. The van der Waals surface area contributed by atoms with Crippen molar-refractivity contribution < 1.29 is 4.79 Å². The standard InChI is InChI=1S/C9H17N3OS/c1-11-9(13)7-3-2-4-12(5-7)6-8(10)14/h7H,2-6H2,1H3,(H2,10,14)(H,11,13). The van der Waals surface area contributed by atoms with Gasteiger partial charge in [-0.2, -0.15) is 0 Å². The molecule has 1 rings (SSSR count). The lowest BCUT2D eigenvalue weighted by atomic mass is 9.97. The van der Waals surface area contributed by atoms with E-state index in [4.69, 9.17) is 18.0 Å². The van der Waals surface area contributed by atoms with Crippen LogP contribution in [0.15, 0.2) is 0 Å². The molecule has 0 aromatic carbocycles. The van der Waals surface area contributed by atoms with E-state index in [-0.39, 0.29) is 11.8 Å². The van der Waals surface area contributed by atoms with Crippen LogP contribution in [0.3, 0.4) is 0 Å². The third-order valence-corrected chi connectivity index (χ3v) is 2.63. The van der Waals surface area contributed by atoms with E-state index in [2.05, 4.69) is 10.2 Å². The van der Waals surface area contributed by atoms with E-state index in [1.807, 2.05) is 0 Å². The number of amides is 1. The molecule has 1 saturated heterocycles. The van der Waals surface area contributed by atoms with Crippen molar-refractivity contribution in [3.63, 3.8) is 0 Å². The van der Waals surface area contributed by atoms with Crippen LogP contribution in [0.5, 0.6) is 0 Å². The van der Waals surface area contributed by atoms with Gasteiger partial charge in [0.25, 0.3) is 0 Å². The topological polar surface area (TPSA) is 58.4 Å². The Hall–Kier alpha value is -0.680. The molecule has 14 heavy (non-hydrogen) atoms. The van der Waals surface area contributed by atoms with Gasteiger partial charge in [-0.05, 0) is 19.4 Å². The smallest absolute Gasteiger partial charge is 0.224 e. The average molecular weight is 215 g/mol. The van der Waals surface area contributed by atoms with Gasteiger partial charge < -0.3 is 11.1 Å². The minimum atomic E-state index is 0.100. The summed E-state index contributed by atoms with van der Waals surface area (Å²) in [5.41, 5.74) is 5.47. The van der Waals surface area contributed by atoms with Gasteiger partial charge in [-0.15, -0.1) is 0 Å². The molecule has 5 heteroatoms. The molecule has 80 valence electrons. The van der Waals surface area contributed by atoms with Crippen molar-refractivity contribution in [2.45, 2.75) is 12.8 Å². The Morgan fingerprint density at radius 1 is 1.71 bits per heavy atom. The lowest BCUT2D eigenvalue weighted by Crippen LogP contribution is -2.44. The summed E-state index contributed by atoms with van der Waals surface area (Å²) in [6.45, 7) is 2.39. The first-order valence-electron chi connectivity index (χ1n) is 4.85. The lowest BCUT2D eigenvalue weighted by molar-refractivity contribution is -0.126. The molecule has 0 radical (unpaired) electrons. The van der Waals surface area contributed by atoms with Crippen LogP contribution in [0, 0.1) is 5.92 Å². The fourth-order valence-electron chi connectivity index (χ4n) is 1.84. The second-order valence-corrected chi connectivity index (χ2v) is 4.18. The van der Waals surface area contributed by atoms with Gasteiger partial charge in [-0.25, -0.2) is 0 Å². The summed E-state index contributed by atoms with van der Waals surface area (Å²) in [7, 11) is 1.68. The van der Waals surface area contributed by atoms with E-state index in [9.17, 15) is 4.79 Å². The first-order valence-corrected chi connectivity index (χ1v) is 5.26. The van der Waals surface area contributed by atoms with E-state index in [1.54, 1.807) is 7.05 Å². The zero-order chi connectivity index (χ0) is 10.6. The summed E-state index contributed by atoms with van der Waals surface area (Å²) < 4.78 is 0. The highest BCUT2D eigenvalue weighted by atomic mass is 32.1. The van der Waals surface area contributed by atoms with Crippen molar-refractivity contribution in [1.29, 1.82) is 0 Å². The van der Waals surface area contributed by atoms with Crippen LogP contribution < -0.4 is 11.1 Å². The SMILES string of the molecule is CNC(=O)C1CCCN(CC(N)=S)C1. The van der Waals surface area contributed by atoms with Gasteiger partial charge in [-0.3, -0.25) is 9.69 Å². The molecular weight excluding hydrogens is 198 g/mol. The molecule has 0 spiro atoms. The predicted molar refractivity (Wildman–Crippen MR) is 60.0 cm³/mol. The van der Waals surface area contributed by atoms with Crippen LogP contribution >= 0.6 is 12.2 Å². The maximum absolute atomic E-state index is 11.4. The molecule has 1 aliphatic rings. The molecule has 4 nitrogen and oxygen atoms in total. The lowest BCUT2D eigenvalue weighted by Gasteiger charge is -2.31. The van der Waals surface area contributed by atoms with Gasteiger partial charge in [0.05, 0.1) is 10.9 Å². The Bertz CT molecular complexity index is 232. The zero-order valence-electron chi connectivity index (χ0n) is 8.45. The molecular formula is C9H17N3OS. The van der Waals surface area contributed by atoms with Crippen molar-refractivity contribution in [2.24, 2.45) is 11.7 Å². The highest BCUT2D eigenvalue weighted by Gasteiger charge is 2.24. The summed E-state index contributed by atoms with van der Waals surface area (Å²) in [5, 5.41) is 2.68. The number of thiocarbonyl (C=S) groups is 1. The Labute approximate surface area is 89.8 Å². The Morgan fingerprint density at radius 2 is 2.43 bits per heavy atom. The van der Waals surface area contributed by atoms with E-state index in [0.29, 0.717) is 11.5 Å². The van der Waals surface area contributed by atoms with Gasteiger partial charge in [0.1, 0.15) is 0 Å². The van der Waals surface area contributed by atoms with Crippen LogP contribution in [0.25, 0.3) is 0 Å². The highest BCUT2D eigenvalue weighted by Crippen LogP contribution is 2.15. The molecule has 3 N–H and O–H groups in total. The first-order chi connectivity index (χ1) is 6.63. The number of nitrogens with zero attached hydrogens (tertiary/aromatic N) is 1. The third kappa shape index (κ3) is 3.23. The number of carbonyl (C=O) groups excluding carboxylic acids is 1. The number of rotatable bonds is 3. The quantitative estimate of drug-likeness (QED) is 0.636. The van der Waals surface area contributed by atoms with Crippen molar-refractivity contribution in [3.8, 4) is 0 Å². The van der Waals surface area contributed by atoms with E-state index < -0.39 is 0 Å². The van der Waals surface area contributed by atoms with Gasteiger partial charge in [-0.1, -0.05) is 12.2 Å². The summed E-state index contributed by atoms with van der Waals surface area (Å²) >= 11 is 4.84. The molecule has 0 aromatic heterocycles. The molecule has 0 aromatic rings. The fourth-order valence-corrected chi connectivity index (χ4v) is 2.02. The maximum atomic E-state index is 11.4. The number of likely N-dealkylation sites (tertiary alicyclic amines) is 1. The Morgan fingerprint density at radius 3 is 3.00 bits per heavy atom. The zero-order valence-corrected chi connectivity index (χ0v) is 9.27. The van der Waals surface area contributed by atoms with Crippen LogP contribution in [0.1, 0.15) is 12.8 Å². The number of carbonyl (C=O) groups is 1. The molecule has 1 heterocycles. The molecule has 1 amide bonds. The largest absolute Gasteiger partial charge is 0.392 e. The van der Waals surface area contributed by atoms with Crippen LogP contribution in [-0.2, 0) is 4.79 Å². The molecule has 1 unspecified atom stereocenters. The van der Waals surface area contributed by atoms with Crippen molar-refractivity contribution in [3.05, 3.63) is 0 Å². The first kappa shape index (κ1) is 11.4. The minimum Gasteiger partial charge on any atom is -0.392 e. The second-order valence-electron chi connectivity index (χ2n) is 3.65. The summed E-state index contributed by atoms with van der Waals surface area (Å²) in [6, 6.07) is 0. The fraction of sp³-hybridized carbons (Fsp3) is 0.778. The number of nitrogens with two attached hydrogens (primary N) is 1. The highest BCUT2D eigenvalue weighted by molar-refractivity contribution is 7.80. The van der Waals surface area contributed by atoms with Crippen LogP contribution in [0.2, 0.25) is 0 Å². The van der Waals surface area contributed by atoms with Gasteiger partial charge >= 0.3 is 0 Å². The van der Waals surface area contributed by atoms with Crippen LogP contribution in [0.4, 0.5) is 0 Å². The molecule has 1 fully saturated rings. The summed E-state index contributed by atoms with van der Waals surface area (Å²) in [6.07, 6.45) is 2.01. The van der Waals surface area contributed by atoms with Crippen molar-refractivity contribution in [2.75, 3.05) is 26.7 Å². The number of piperidine rings is 1. The Kier molecular flexibility index (Phi) is 4.28. The summed E-state index contributed by atoms with van der Waals surface area (Å²) in [5.74, 6) is 0.223. The van der Waals surface area contributed by atoms with Crippen LogP contribution in [-0.4, -0.2) is 42.5 Å². The van der Waals surface area contributed by atoms with Gasteiger partial charge in [0.15, 0.2) is 0 Å². The Balaban J connectivity index is 2.43.